The molecule has 3 nitrogen and oxygen atoms in total. The molecule has 4 bridgehead atoms. The summed E-state index contributed by atoms with van der Waals surface area (Å²) in [4.78, 5) is 14.8. The van der Waals surface area contributed by atoms with Crippen molar-refractivity contribution in [3.63, 3.8) is 0 Å². The molecule has 0 saturated heterocycles. The van der Waals surface area contributed by atoms with Crippen LogP contribution in [0.5, 0.6) is 0 Å². The highest BCUT2D eigenvalue weighted by Gasteiger charge is 2.47. The van der Waals surface area contributed by atoms with Gasteiger partial charge in [0.15, 0.2) is 0 Å². The number of rotatable bonds is 7. The fourth-order valence-electron chi connectivity index (χ4n) is 6.99. The number of hydrogen-bond acceptors (Lipinski definition) is 3. The Morgan fingerprint density at radius 1 is 0.806 bits per heavy atom. The van der Waals surface area contributed by atoms with Crippen molar-refractivity contribution < 1.29 is 4.79 Å². The van der Waals surface area contributed by atoms with Gasteiger partial charge in [0.2, 0.25) is 0 Å². The lowest BCUT2D eigenvalue weighted by molar-refractivity contribution is -0.0133. The first-order valence-corrected chi connectivity index (χ1v) is 14.8. The Labute approximate surface area is 231 Å². The van der Waals surface area contributed by atoms with Crippen molar-refractivity contribution >= 4 is 52.0 Å². The Bertz CT molecular complexity index is 1240. The normalized spacial score (nSPS) is 26.4. The summed E-state index contributed by atoms with van der Waals surface area (Å²) in [6.45, 7) is 1.43. The molecule has 0 radical (unpaired) electrons. The predicted octanol–water partition coefficient (Wildman–Crippen LogP) is 8.19. The van der Waals surface area contributed by atoms with E-state index in [4.69, 9.17) is 34.8 Å². The molecule has 7 heteroatoms. The van der Waals surface area contributed by atoms with Crippen LogP contribution in [0, 0.1) is 23.7 Å². The first-order valence-electron chi connectivity index (χ1n) is 12.8. The number of carbonyl (C=O) groups is 1. The molecule has 7 rings (SSSR count). The molecular weight excluding hydrogens is 531 g/mol. The van der Waals surface area contributed by atoms with Gasteiger partial charge >= 0.3 is 0 Å². The minimum Gasteiger partial charge on any atom is -0.350 e. The van der Waals surface area contributed by atoms with Crippen LogP contribution in [-0.4, -0.2) is 25.0 Å². The van der Waals surface area contributed by atoms with Crippen LogP contribution >= 0.6 is 46.1 Å². The van der Waals surface area contributed by atoms with Gasteiger partial charge in [-0.15, -0.1) is 11.3 Å². The lowest BCUT2D eigenvalue weighted by Gasteiger charge is -2.54. The molecular formula is C29H29Cl3N2OS. The van der Waals surface area contributed by atoms with Crippen molar-refractivity contribution in [3.05, 3.63) is 68.5 Å². The molecule has 0 aliphatic heterocycles. The van der Waals surface area contributed by atoms with Gasteiger partial charge in [0.05, 0.1) is 4.88 Å². The van der Waals surface area contributed by atoms with E-state index >= 15 is 0 Å². The van der Waals surface area contributed by atoms with Crippen molar-refractivity contribution in [2.45, 2.75) is 38.1 Å². The van der Waals surface area contributed by atoms with Crippen LogP contribution in [0.1, 0.15) is 41.8 Å². The van der Waals surface area contributed by atoms with Crippen LogP contribution in [0.25, 0.3) is 21.6 Å². The summed E-state index contributed by atoms with van der Waals surface area (Å²) in [7, 11) is 0. The van der Waals surface area contributed by atoms with Gasteiger partial charge in [0, 0.05) is 50.2 Å². The fraction of sp³-hybridized carbons (Fsp3) is 0.414. The predicted molar refractivity (Wildman–Crippen MR) is 151 cm³/mol. The SMILES string of the molecule is O=C(NCCNC1C2CC3CC(C2)CC1C3)c1cc(-c2ccc(Cl)cc2Cl)c(-c2ccc(Cl)cc2)s1. The molecule has 3 aromatic rings. The third-order valence-corrected chi connectivity index (χ3v) is 10.3. The number of thiophene rings is 1. The second kappa shape index (κ2) is 10.3. The van der Waals surface area contributed by atoms with Crippen LogP contribution in [0.3, 0.4) is 0 Å². The zero-order valence-corrected chi connectivity index (χ0v) is 23.0. The van der Waals surface area contributed by atoms with E-state index in [0.717, 1.165) is 51.8 Å². The number of halogens is 3. The quantitative estimate of drug-likeness (QED) is 0.287. The molecule has 2 aromatic carbocycles. The summed E-state index contributed by atoms with van der Waals surface area (Å²) in [5.74, 6) is 3.56. The molecule has 36 heavy (non-hydrogen) atoms. The monoisotopic (exact) mass is 558 g/mol. The third-order valence-electron chi connectivity index (χ3n) is 8.30. The van der Waals surface area contributed by atoms with Crippen LogP contribution in [-0.2, 0) is 0 Å². The highest BCUT2D eigenvalue weighted by molar-refractivity contribution is 7.18. The van der Waals surface area contributed by atoms with Crippen LogP contribution in [0.15, 0.2) is 48.5 Å². The molecule has 188 valence electrons. The number of hydrogen-bond donors (Lipinski definition) is 2. The first-order chi connectivity index (χ1) is 17.4. The minimum atomic E-state index is -0.0570. The number of amides is 1. The molecule has 1 aromatic heterocycles. The topological polar surface area (TPSA) is 41.1 Å². The minimum absolute atomic E-state index is 0.0570. The largest absolute Gasteiger partial charge is 0.350 e. The van der Waals surface area contributed by atoms with Gasteiger partial charge < -0.3 is 10.6 Å². The maximum atomic E-state index is 13.2. The number of nitrogens with one attached hydrogen (secondary N) is 2. The summed E-state index contributed by atoms with van der Waals surface area (Å²) in [5.41, 5.74) is 2.76. The first kappa shape index (κ1) is 24.8. The molecule has 0 spiro atoms. The van der Waals surface area contributed by atoms with Crippen molar-refractivity contribution in [2.75, 3.05) is 13.1 Å². The Morgan fingerprint density at radius 2 is 1.47 bits per heavy atom. The lowest BCUT2D eigenvalue weighted by Crippen LogP contribution is -2.55. The Hall–Kier alpha value is -1.56. The van der Waals surface area contributed by atoms with Gasteiger partial charge in [-0.3, -0.25) is 4.79 Å². The summed E-state index contributed by atoms with van der Waals surface area (Å²) in [6.07, 6.45) is 7.06. The van der Waals surface area contributed by atoms with E-state index in [0.29, 0.717) is 32.5 Å². The van der Waals surface area contributed by atoms with E-state index in [9.17, 15) is 4.79 Å². The summed E-state index contributed by atoms with van der Waals surface area (Å²) in [6, 6.07) is 15.7. The van der Waals surface area contributed by atoms with Gasteiger partial charge in [-0.25, -0.2) is 0 Å². The van der Waals surface area contributed by atoms with Crippen LogP contribution < -0.4 is 10.6 Å². The van der Waals surface area contributed by atoms with Crippen LogP contribution in [0.4, 0.5) is 0 Å². The van der Waals surface area contributed by atoms with Gasteiger partial charge in [-0.1, -0.05) is 53.0 Å². The lowest BCUT2D eigenvalue weighted by atomic mass is 9.54. The molecule has 1 amide bonds. The summed E-state index contributed by atoms with van der Waals surface area (Å²) in [5, 5.41) is 8.75. The van der Waals surface area contributed by atoms with E-state index in [-0.39, 0.29) is 5.91 Å². The number of carbonyl (C=O) groups excluding carboxylic acids is 1. The van der Waals surface area contributed by atoms with E-state index in [2.05, 4.69) is 10.6 Å². The average molecular weight is 560 g/mol. The van der Waals surface area contributed by atoms with Crippen molar-refractivity contribution in [2.24, 2.45) is 23.7 Å². The van der Waals surface area contributed by atoms with E-state index in [1.165, 1.54) is 43.4 Å². The fourth-order valence-corrected chi connectivity index (χ4v) is 8.72. The van der Waals surface area contributed by atoms with Gasteiger partial charge in [0.25, 0.3) is 5.91 Å². The maximum absolute atomic E-state index is 13.2. The smallest absolute Gasteiger partial charge is 0.261 e. The second-order valence-electron chi connectivity index (χ2n) is 10.7. The second-order valence-corrected chi connectivity index (χ2v) is 13.0. The zero-order chi connectivity index (χ0) is 24.8. The van der Waals surface area contributed by atoms with E-state index in [1.807, 2.05) is 42.5 Å². The molecule has 4 fully saturated rings. The molecule has 2 N–H and O–H groups in total. The highest BCUT2D eigenvalue weighted by Crippen LogP contribution is 2.53. The van der Waals surface area contributed by atoms with Gasteiger partial charge in [0.1, 0.15) is 0 Å². The molecule has 1 heterocycles. The van der Waals surface area contributed by atoms with Crippen LogP contribution in [0.2, 0.25) is 15.1 Å². The van der Waals surface area contributed by atoms with Crippen molar-refractivity contribution in [1.29, 1.82) is 0 Å². The molecule has 4 saturated carbocycles. The highest BCUT2D eigenvalue weighted by atomic mass is 35.5. The molecule has 4 aliphatic rings. The van der Waals surface area contributed by atoms with Crippen molar-refractivity contribution in [1.82, 2.24) is 10.6 Å². The zero-order valence-electron chi connectivity index (χ0n) is 19.9. The van der Waals surface area contributed by atoms with Crippen molar-refractivity contribution in [3.8, 4) is 21.6 Å². The summed E-state index contributed by atoms with van der Waals surface area (Å²) >= 11 is 20.3. The third kappa shape index (κ3) is 4.96. The average Bonchev–Trinajstić information content (AvgIpc) is 3.28. The van der Waals surface area contributed by atoms with Gasteiger partial charge in [-0.05, 0) is 91.7 Å². The Morgan fingerprint density at radius 3 is 2.14 bits per heavy atom. The Balaban J connectivity index is 1.16. The molecule has 0 atom stereocenters. The van der Waals surface area contributed by atoms with E-state index < -0.39 is 0 Å². The molecule has 0 unspecified atom stereocenters. The maximum Gasteiger partial charge on any atom is 0.261 e. The Kier molecular flexibility index (Phi) is 7.09. The molecule has 4 aliphatic carbocycles. The van der Waals surface area contributed by atoms with E-state index in [1.54, 1.807) is 6.07 Å². The standard InChI is InChI=1S/C29H29Cl3N2OS/c30-21-3-1-18(2-4-21)28-24(23-6-5-22(31)14-25(23)32)15-26(36-28)29(35)34-8-7-33-27-19-10-16-9-17(12-19)13-20(27)11-16/h1-6,14-17,19-20,27,33H,7-13H2,(H,34,35). The number of benzene rings is 2. The summed E-state index contributed by atoms with van der Waals surface area (Å²) < 4.78 is 0. The van der Waals surface area contributed by atoms with Gasteiger partial charge in [-0.2, -0.15) is 0 Å².